The van der Waals surface area contributed by atoms with E-state index in [0.29, 0.717) is 12.1 Å². The van der Waals surface area contributed by atoms with Gasteiger partial charge in [-0.05, 0) is 38.2 Å². The Bertz CT molecular complexity index is 1000. The van der Waals surface area contributed by atoms with Crippen LogP contribution in [0.2, 0.25) is 0 Å². The van der Waals surface area contributed by atoms with Crippen LogP contribution in [0.3, 0.4) is 0 Å². The molecule has 0 unspecified atom stereocenters. The van der Waals surface area contributed by atoms with Crippen LogP contribution in [-0.4, -0.2) is 57.2 Å². The molecule has 9 heteroatoms. The number of epoxide rings is 1. The minimum atomic E-state index is -1.26. The molecule has 1 aromatic rings. The van der Waals surface area contributed by atoms with Crippen molar-refractivity contribution in [1.29, 1.82) is 0 Å². The number of cyclic esters (lactones) is 1. The van der Waals surface area contributed by atoms with Gasteiger partial charge < -0.3 is 19.7 Å². The summed E-state index contributed by atoms with van der Waals surface area (Å²) in [5.41, 5.74) is -0.235. The number of aliphatic hydroxyl groups is 2. The molecule has 0 amide bonds. The molecule has 0 bridgehead atoms. The molecule has 0 saturated carbocycles. The molecule has 2 aliphatic heterocycles. The van der Waals surface area contributed by atoms with Crippen LogP contribution in [0.15, 0.2) is 11.0 Å². The Hall–Kier alpha value is -1.81. The molecule has 202 valence electrons. The van der Waals surface area contributed by atoms with Crippen molar-refractivity contribution in [2.75, 3.05) is 0 Å². The minimum absolute atomic E-state index is 0.0901. The van der Waals surface area contributed by atoms with Crippen LogP contribution in [0.4, 0.5) is 0 Å². The van der Waals surface area contributed by atoms with Gasteiger partial charge in [0, 0.05) is 30.1 Å². The Morgan fingerprint density at radius 1 is 1.22 bits per heavy atom. The first-order valence-electron chi connectivity index (χ1n) is 12.8. The molecular weight excluding hydrogens is 482 g/mol. The van der Waals surface area contributed by atoms with Crippen molar-refractivity contribution in [2.24, 2.45) is 17.3 Å². The van der Waals surface area contributed by atoms with Crippen LogP contribution in [0.5, 0.6) is 0 Å². The lowest BCUT2D eigenvalue weighted by Gasteiger charge is -2.34. The number of Topliss-reactive ketones (excluding diaryl/α,β-unsaturated/α-hetero) is 1. The maximum absolute atomic E-state index is 13.2. The summed E-state index contributed by atoms with van der Waals surface area (Å²) < 4.78 is 13.0. The summed E-state index contributed by atoms with van der Waals surface area (Å²) in [4.78, 5) is 26.2. The number of hydrogen-bond donors (Lipinski definition) is 3. The van der Waals surface area contributed by atoms with E-state index in [-0.39, 0.29) is 29.8 Å². The van der Waals surface area contributed by atoms with Gasteiger partial charge in [-0.25, -0.2) is 0 Å². The summed E-state index contributed by atoms with van der Waals surface area (Å²) in [7, 11) is 0. The topological polar surface area (TPSA) is 120 Å². The zero-order chi connectivity index (χ0) is 27.0. The van der Waals surface area contributed by atoms with Gasteiger partial charge in [-0.1, -0.05) is 45.5 Å². The van der Waals surface area contributed by atoms with E-state index in [4.69, 9.17) is 9.47 Å². The van der Waals surface area contributed by atoms with Gasteiger partial charge in [0.2, 0.25) is 0 Å². The van der Waals surface area contributed by atoms with Crippen LogP contribution in [-0.2, 0) is 19.1 Å². The fourth-order valence-corrected chi connectivity index (χ4v) is 5.81. The highest BCUT2D eigenvalue weighted by atomic mass is 32.1. The third-order valence-corrected chi connectivity index (χ3v) is 9.06. The maximum atomic E-state index is 13.2. The summed E-state index contributed by atoms with van der Waals surface area (Å²) in [6.07, 6.45) is 1.46. The van der Waals surface area contributed by atoms with E-state index in [1.165, 1.54) is 11.3 Å². The van der Waals surface area contributed by atoms with Crippen molar-refractivity contribution in [3.63, 3.8) is 0 Å². The lowest BCUT2D eigenvalue weighted by molar-refractivity contribution is -0.906. The van der Waals surface area contributed by atoms with E-state index in [9.17, 15) is 25.0 Å². The molecule has 1 aromatic heterocycles. The zero-order valence-electron chi connectivity index (χ0n) is 22.5. The highest BCUT2D eigenvalue weighted by molar-refractivity contribution is 7.09. The number of aryl methyl sites for hydroxylation is 1. The lowest BCUT2D eigenvalue weighted by atomic mass is 9.73. The number of rotatable bonds is 2. The van der Waals surface area contributed by atoms with Gasteiger partial charge in [0.25, 0.3) is 10.7 Å². The minimum Gasteiger partial charge on any atom is -0.458 e. The number of ether oxygens (including phenoxy) is 2. The Kier molecular flexibility index (Phi) is 8.70. The average Bonchev–Trinajstić information content (AvgIpc) is 3.34. The Morgan fingerprint density at radius 2 is 1.89 bits per heavy atom. The Morgan fingerprint density at radius 3 is 2.50 bits per heavy atom. The first-order valence-corrected chi connectivity index (χ1v) is 13.7. The monoisotopic (exact) mass is 524 g/mol. The molecule has 0 spiro atoms. The molecule has 0 radical (unpaired) electrons. The summed E-state index contributed by atoms with van der Waals surface area (Å²) in [5.74, 6) is -1.66. The molecule has 0 aromatic carbocycles. The molecule has 0 aliphatic carbocycles. The van der Waals surface area contributed by atoms with Gasteiger partial charge in [-0.2, -0.15) is 0 Å². The van der Waals surface area contributed by atoms with Crippen molar-refractivity contribution in [2.45, 2.75) is 111 Å². The third kappa shape index (κ3) is 6.18. The number of hydrogen-bond acceptors (Lipinski definition) is 8. The van der Waals surface area contributed by atoms with Crippen LogP contribution >= 0.6 is 11.3 Å². The van der Waals surface area contributed by atoms with Gasteiger partial charge >= 0.3 is 5.97 Å². The first kappa shape index (κ1) is 28.8. The average molecular weight is 525 g/mol. The Balaban J connectivity index is 1.88. The summed E-state index contributed by atoms with van der Waals surface area (Å²) in [6.45, 7) is 12.5. The van der Waals surface area contributed by atoms with Gasteiger partial charge in [-0.15, -0.1) is 0 Å². The van der Waals surface area contributed by atoms with Crippen LogP contribution in [0.25, 0.3) is 6.08 Å². The van der Waals surface area contributed by atoms with Crippen molar-refractivity contribution < 1.29 is 39.2 Å². The number of aliphatic hydroxyl groups excluding tert-OH is 2. The van der Waals surface area contributed by atoms with Crippen LogP contribution < -0.4 is 4.73 Å². The normalized spacial score (nSPS) is 36.8. The number of carbonyl (C=O) groups is 2. The molecule has 2 fully saturated rings. The molecule has 36 heavy (non-hydrogen) atoms. The molecular formula is C27H42NO7S+. The van der Waals surface area contributed by atoms with Crippen molar-refractivity contribution in [3.8, 4) is 0 Å². The number of nitrogens with zero attached hydrogens (tertiary/aromatic N) is 1. The molecule has 3 heterocycles. The molecule has 2 aliphatic rings. The quantitative estimate of drug-likeness (QED) is 0.234. The highest BCUT2D eigenvalue weighted by Crippen LogP contribution is 2.45. The predicted octanol–water partition coefficient (Wildman–Crippen LogP) is 3.61. The van der Waals surface area contributed by atoms with Gasteiger partial charge in [0.15, 0.2) is 0 Å². The molecule has 3 rings (SSSR count). The van der Waals surface area contributed by atoms with Crippen LogP contribution in [0, 0.1) is 24.2 Å². The second-order valence-corrected chi connectivity index (χ2v) is 12.5. The number of fused-ring (bicyclic) bond motifs is 1. The van der Waals surface area contributed by atoms with Gasteiger partial charge in [0.1, 0.15) is 11.9 Å². The SMILES string of the molecule is C/C(=C\c1csc(C)[n+]1O)[C@@H]1C[C@@H]2O[C@]2(C)CCC[C@H](C)[C@H](O)[C@@H](C)C(=O)C(C)(C)[C@@H](O)CC(=O)O1. The highest BCUT2D eigenvalue weighted by Gasteiger charge is 2.53. The molecule has 2 saturated heterocycles. The van der Waals surface area contributed by atoms with E-state index in [2.05, 4.69) is 0 Å². The molecule has 8 nitrogen and oxygen atoms in total. The standard InChI is InChI=1S/C27H42NO7S/c1-15-9-8-10-27(7)22(35-27)12-20(16(2)11-19-14-36-18(4)28(19)33)34-23(30)13-21(29)26(5,6)25(32)17(3)24(15)31/h11,14-15,17,20-22,24,29,31,33H,8-10,12-13H2,1-7H3/q+1/b16-11+/t15-,17+,20-,21-,22-,24-,27+/m0/s1. The molecule has 7 atom stereocenters. The molecule has 3 N–H and O–H groups in total. The van der Waals surface area contributed by atoms with Crippen molar-refractivity contribution >= 4 is 29.2 Å². The van der Waals surface area contributed by atoms with E-state index in [1.54, 1.807) is 33.8 Å². The van der Waals surface area contributed by atoms with E-state index >= 15 is 0 Å². The van der Waals surface area contributed by atoms with E-state index in [0.717, 1.165) is 34.6 Å². The second kappa shape index (κ2) is 10.9. The second-order valence-electron chi connectivity index (χ2n) is 11.5. The maximum Gasteiger partial charge on any atom is 0.309 e. The lowest BCUT2D eigenvalue weighted by Crippen LogP contribution is -2.45. The summed E-state index contributed by atoms with van der Waals surface area (Å²) in [6, 6.07) is 0. The Labute approximate surface area is 217 Å². The smallest absolute Gasteiger partial charge is 0.309 e. The zero-order valence-corrected chi connectivity index (χ0v) is 23.3. The van der Waals surface area contributed by atoms with E-state index in [1.807, 2.05) is 26.2 Å². The van der Waals surface area contributed by atoms with Crippen molar-refractivity contribution in [3.05, 3.63) is 21.7 Å². The van der Waals surface area contributed by atoms with Crippen molar-refractivity contribution in [1.82, 2.24) is 0 Å². The fraction of sp³-hybridized carbons (Fsp3) is 0.741. The van der Waals surface area contributed by atoms with Crippen LogP contribution in [0.1, 0.15) is 84.3 Å². The fourth-order valence-electron chi connectivity index (χ4n) is 5.14. The van der Waals surface area contributed by atoms with E-state index < -0.39 is 35.6 Å². The number of esters is 1. The predicted molar refractivity (Wildman–Crippen MR) is 135 cm³/mol. The first-order chi connectivity index (χ1) is 16.7. The van der Waals surface area contributed by atoms with Gasteiger partial charge in [-0.3, -0.25) is 14.8 Å². The largest absolute Gasteiger partial charge is 0.458 e. The number of ketones is 1. The number of thiazole rings is 1. The number of aromatic nitrogens is 1. The van der Waals surface area contributed by atoms with Gasteiger partial charge in [0.05, 0.1) is 41.1 Å². The number of carbonyl (C=O) groups excluding carboxylic acids is 2. The summed E-state index contributed by atoms with van der Waals surface area (Å²) in [5, 5.41) is 34.5. The summed E-state index contributed by atoms with van der Waals surface area (Å²) >= 11 is 1.41. The third-order valence-electron chi connectivity index (χ3n) is 8.18.